The lowest BCUT2D eigenvalue weighted by atomic mass is 10.1. The number of benzene rings is 12. The second-order valence-electron chi connectivity index (χ2n) is 16.4. The van der Waals surface area contributed by atoms with E-state index >= 15 is 0 Å². The summed E-state index contributed by atoms with van der Waals surface area (Å²) in [5.41, 5.74) is 15.3. The van der Waals surface area contributed by atoms with Gasteiger partial charge in [-0.15, -0.1) is 0 Å². The third kappa shape index (κ3) is 17.6. The molecule has 0 N–H and O–H groups in total. The van der Waals surface area contributed by atoms with Crippen LogP contribution >= 0.6 is 0 Å². The van der Waals surface area contributed by atoms with E-state index in [1.165, 1.54) is 66.8 Å². The minimum atomic E-state index is 1.28. The van der Waals surface area contributed by atoms with Gasteiger partial charge in [-0.05, 0) is 66.8 Å². The monoisotopic (exact) mass is 924 g/mol. The third-order valence-corrected chi connectivity index (χ3v) is 11.3. The van der Waals surface area contributed by atoms with Gasteiger partial charge in [-0.3, -0.25) is 0 Å². The van der Waals surface area contributed by atoms with Crippen molar-refractivity contribution in [3.05, 3.63) is 364 Å². The summed E-state index contributed by atoms with van der Waals surface area (Å²) in [6, 6.07) is 125. The average Bonchev–Trinajstić information content (AvgIpc) is 3.51. The zero-order chi connectivity index (χ0) is 49.4. The summed E-state index contributed by atoms with van der Waals surface area (Å²) in [4.78, 5) is 0. The lowest BCUT2D eigenvalue weighted by Crippen LogP contribution is -1.73. The summed E-state index contributed by atoms with van der Waals surface area (Å²) in [6.45, 7) is 0. The van der Waals surface area contributed by atoms with Crippen molar-refractivity contribution in [1.82, 2.24) is 0 Å². The number of hydrogen-bond acceptors (Lipinski definition) is 0. The molecule has 0 saturated heterocycles. The highest BCUT2D eigenvalue weighted by Gasteiger charge is 1.96. The van der Waals surface area contributed by atoms with E-state index in [1.807, 2.05) is 72.8 Å². The fraction of sp³-hybridized carbons (Fsp3) is 0. The fourth-order valence-corrected chi connectivity index (χ4v) is 7.57. The Balaban J connectivity index is 0.000000127. The molecule has 0 bridgehead atoms. The van der Waals surface area contributed by atoms with Gasteiger partial charge in [-0.1, -0.05) is 364 Å². The molecular weight excluding hydrogens is 865 g/mol. The van der Waals surface area contributed by atoms with Crippen LogP contribution in [0.2, 0.25) is 0 Å². The topological polar surface area (TPSA) is 0 Å². The van der Waals surface area contributed by atoms with E-state index in [0.717, 1.165) is 0 Å². The molecule has 0 heteroatoms. The van der Waals surface area contributed by atoms with Gasteiger partial charge in [-0.25, -0.2) is 0 Å². The molecule has 0 aliphatic rings. The molecule has 348 valence electrons. The molecule has 12 rings (SSSR count). The van der Waals surface area contributed by atoms with Crippen molar-refractivity contribution in [3.63, 3.8) is 0 Å². The van der Waals surface area contributed by atoms with Crippen molar-refractivity contribution in [2.24, 2.45) is 0 Å². The summed E-state index contributed by atoms with van der Waals surface area (Å²) in [7, 11) is 0. The molecule has 0 aliphatic heterocycles. The second kappa shape index (κ2) is 30.2. The van der Waals surface area contributed by atoms with E-state index in [9.17, 15) is 0 Å². The van der Waals surface area contributed by atoms with E-state index in [4.69, 9.17) is 0 Å². The van der Waals surface area contributed by atoms with E-state index in [0.29, 0.717) is 0 Å². The van der Waals surface area contributed by atoms with Gasteiger partial charge in [0, 0.05) is 0 Å². The van der Waals surface area contributed by atoms with Gasteiger partial charge in [0.15, 0.2) is 0 Å². The molecule has 72 heavy (non-hydrogen) atoms. The first-order valence-electron chi connectivity index (χ1n) is 24.4. The van der Waals surface area contributed by atoms with Crippen LogP contribution in [0.4, 0.5) is 0 Å². The molecule has 0 radical (unpaired) electrons. The largest absolute Gasteiger partial charge is 0.0622 e. The first-order chi connectivity index (χ1) is 35.8. The molecule has 12 aromatic rings. The van der Waals surface area contributed by atoms with Gasteiger partial charge in [0.2, 0.25) is 0 Å². The number of hydrogen-bond donors (Lipinski definition) is 0. The van der Waals surface area contributed by atoms with Gasteiger partial charge in [-0.2, -0.15) is 0 Å². The molecule has 0 spiro atoms. The standard InChI is InChI=1S/6C12H10/c6*1-3-7-11(8-4-1)12-9-5-2-6-10-12/h6*1-10H. The highest BCUT2D eigenvalue weighted by Crippen LogP contribution is 2.21. The molecule has 0 aliphatic carbocycles. The fourth-order valence-electron chi connectivity index (χ4n) is 7.57. The van der Waals surface area contributed by atoms with Crippen molar-refractivity contribution in [2.45, 2.75) is 0 Å². The lowest BCUT2D eigenvalue weighted by molar-refractivity contribution is 1.62. The summed E-state index contributed by atoms with van der Waals surface area (Å²) >= 11 is 0. The minimum Gasteiger partial charge on any atom is -0.0622 e. The quantitative estimate of drug-likeness (QED) is 0.156. The van der Waals surface area contributed by atoms with Crippen molar-refractivity contribution < 1.29 is 0 Å². The molecule has 0 saturated carbocycles. The summed E-state index contributed by atoms with van der Waals surface area (Å²) < 4.78 is 0. The Labute approximate surface area is 428 Å². The van der Waals surface area contributed by atoms with E-state index in [-0.39, 0.29) is 0 Å². The van der Waals surface area contributed by atoms with E-state index in [1.54, 1.807) is 0 Å². The van der Waals surface area contributed by atoms with Crippen molar-refractivity contribution in [3.8, 4) is 66.8 Å². The molecule has 0 nitrogen and oxygen atoms in total. The molecule has 0 amide bonds. The summed E-state index contributed by atoms with van der Waals surface area (Å²) in [6.07, 6.45) is 0. The van der Waals surface area contributed by atoms with E-state index < -0.39 is 0 Å². The first kappa shape index (κ1) is 50.5. The van der Waals surface area contributed by atoms with Gasteiger partial charge < -0.3 is 0 Å². The Morgan fingerprint density at radius 3 is 0.181 bits per heavy atom. The summed E-state index contributed by atoms with van der Waals surface area (Å²) in [5.74, 6) is 0. The van der Waals surface area contributed by atoms with E-state index in [2.05, 4.69) is 291 Å². The zero-order valence-electron chi connectivity index (χ0n) is 40.6. The Morgan fingerprint density at radius 1 is 0.0694 bits per heavy atom. The van der Waals surface area contributed by atoms with Crippen LogP contribution in [0.1, 0.15) is 0 Å². The van der Waals surface area contributed by atoms with Gasteiger partial charge in [0.05, 0.1) is 0 Å². The predicted octanol–water partition coefficient (Wildman–Crippen LogP) is 20.1. The van der Waals surface area contributed by atoms with Crippen LogP contribution in [-0.4, -0.2) is 0 Å². The Hall–Kier alpha value is -9.36. The van der Waals surface area contributed by atoms with Crippen LogP contribution in [0.3, 0.4) is 0 Å². The maximum atomic E-state index is 2.12. The predicted molar refractivity (Wildman–Crippen MR) is 311 cm³/mol. The number of rotatable bonds is 6. The van der Waals surface area contributed by atoms with Crippen molar-refractivity contribution in [2.75, 3.05) is 0 Å². The summed E-state index contributed by atoms with van der Waals surface area (Å²) in [5, 5.41) is 0. The SMILES string of the molecule is c1ccc(-c2ccccc2)cc1.c1ccc(-c2ccccc2)cc1.c1ccc(-c2ccccc2)cc1.c1ccc(-c2ccccc2)cc1.c1ccc(-c2ccccc2)cc1.c1ccc(-c2ccccc2)cc1. The lowest BCUT2D eigenvalue weighted by Gasteiger charge is -1.98. The average molecular weight is 925 g/mol. The Bertz CT molecular complexity index is 2370. The first-order valence-corrected chi connectivity index (χ1v) is 24.4. The highest BCUT2D eigenvalue weighted by atomic mass is 14.0. The maximum Gasteiger partial charge on any atom is -0.0184 e. The van der Waals surface area contributed by atoms with Gasteiger partial charge in [0.25, 0.3) is 0 Å². The molecule has 0 atom stereocenters. The van der Waals surface area contributed by atoms with Crippen LogP contribution in [0, 0.1) is 0 Å². The molecule has 0 fully saturated rings. The normalized spacial score (nSPS) is 9.67. The maximum absolute atomic E-state index is 2.12. The molecular formula is C72H60. The van der Waals surface area contributed by atoms with Crippen LogP contribution in [0.25, 0.3) is 66.8 Å². The molecule has 0 heterocycles. The van der Waals surface area contributed by atoms with Crippen LogP contribution < -0.4 is 0 Å². The Morgan fingerprint density at radius 2 is 0.125 bits per heavy atom. The second-order valence-corrected chi connectivity index (χ2v) is 16.4. The van der Waals surface area contributed by atoms with Crippen LogP contribution in [0.15, 0.2) is 364 Å². The van der Waals surface area contributed by atoms with Crippen LogP contribution in [-0.2, 0) is 0 Å². The van der Waals surface area contributed by atoms with Crippen molar-refractivity contribution >= 4 is 0 Å². The minimum absolute atomic E-state index is 1.28. The van der Waals surface area contributed by atoms with Gasteiger partial charge in [0.1, 0.15) is 0 Å². The van der Waals surface area contributed by atoms with Crippen molar-refractivity contribution in [1.29, 1.82) is 0 Å². The van der Waals surface area contributed by atoms with Gasteiger partial charge >= 0.3 is 0 Å². The highest BCUT2D eigenvalue weighted by molar-refractivity contribution is 5.66. The molecule has 0 unspecified atom stereocenters. The smallest absolute Gasteiger partial charge is 0.0184 e. The Kier molecular flexibility index (Phi) is 21.2. The van der Waals surface area contributed by atoms with Crippen LogP contribution in [0.5, 0.6) is 0 Å². The zero-order valence-corrected chi connectivity index (χ0v) is 40.6. The third-order valence-electron chi connectivity index (χ3n) is 11.3. The molecule has 0 aromatic heterocycles. The molecule has 12 aromatic carbocycles.